The first-order valence-electron chi connectivity index (χ1n) is 9.29. The summed E-state index contributed by atoms with van der Waals surface area (Å²) in [5.74, 6) is -0.473. The number of amides is 2. The smallest absolute Gasteiger partial charge is 0.254 e. The third kappa shape index (κ3) is 3.87. The number of carbonyl (C=O) groups excluding carboxylic acids is 2. The fraction of sp³-hybridized carbons (Fsp3) is 0.182. The number of nitrogens with zero attached hydrogens (tertiary/aromatic N) is 3. The monoisotopic (exact) mass is 385 g/mol. The van der Waals surface area contributed by atoms with E-state index in [1.807, 2.05) is 36.4 Å². The van der Waals surface area contributed by atoms with Crippen LogP contribution in [-0.4, -0.2) is 32.7 Å². The van der Waals surface area contributed by atoms with E-state index < -0.39 is 6.04 Å². The average Bonchev–Trinajstić information content (AvgIpc) is 3.24. The molecule has 7 nitrogen and oxygen atoms in total. The van der Waals surface area contributed by atoms with Gasteiger partial charge < -0.3 is 15.2 Å². The zero-order valence-corrected chi connectivity index (χ0v) is 15.6. The van der Waals surface area contributed by atoms with Crippen LogP contribution in [0.1, 0.15) is 32.9 Å². The van der Waals surface area contributed by atoms with Gasteiger partial charge in [-0.3, -0.25) is 9.59 Å². The van der Waals surface area contributed by atoms with E-state index in [9.17, 15) is 9.59 Å². The zero-order valence-electron chi connectivity index (χ0n) is 15.6. The zero-order chi connectivity index (χ0) is 20.2. The van der Waals surface area contributed by atoms with Crippen molar-refractivity contribution in [1.29, 1.82) is 5.26 Å². The van der Waals surface area contributed by atoms with E-state index in [1.165, 1.54) is 0 Å². The molecular formula is C22H19N5O2. The van der Waals surface area contributed by atoms with Crippen molar-refractivity contribution in [3.05, 3.63) is 89.0 Å². The van der Waals surface area contributed by atoms with Crippen LogP contribution in [0.25, 0.3) is 0 Å². The van der Waals surface area contributed by atoms with Gasteiger partial charge in [0.2, 0.25) is 5.91 Å². The lowest BCUT2D eigenvalue weighted by molar-refractivity contribution is -0.126. The highest BCUT2D eigenvalue weighted by atomic mass is 16.2. The van der Waals surface area contributed by atoms with Gasteiger partial charge in [-0.2, -0.15) is 5.26 Å². The number of aromatic nitrogens is 2. The molecule has 0 bridgehead atoms. The maximum Gasteiger partial charge on any atom is 0.254 e. The van der Waals surface area contributed by atoms with Crippen molar-refractivity contribution in [3.63, 3.8) is 0 Å². The molecule has 0 fully saturated rings. The molecule has 0 saturated heterocycles. The Kier molecular flexibility index (Phi) is 5.08. The number of nitriles is 1. The van der Waals surface area contributed by atoms with Crippen LogP contribution in [0.15, 0.2) is 60.9 Å². The van der Waals surface area contributed by atoms with Gasteiger partial charge in [-0.05, 0) is 29.8 Å². The lowest BCUT2D eigenvalue weighted by Gasteiger charge is -2.34. The van der Waals surface area contributed by atoms with Gasteiger partial charge in [0.25, 0.3) is 5.91 Å². The molecule has 2 amide bonds. The number of rotatable bonds is 4. The van der Waals surface area contributed by atoms with Gasteiger partial charge >= 0.3 is 0 Å². The van der Waals surface area contributed by atoms with Crippen LogP contribution in [0.3, 0.4) is 0 Å². The first-order valence-corrected chi connectivity index (χ1v) is 9.29. The molecule has 0 unspecified atom stereocenters. The molecule has 1 aromatic heterocycles. The number of imidazole rings is 1. The lowest BCUT2D eigenvalue weighted by Crippen LogP contribution is -2.52. The molecule has 0 spiro atoms. The Balaban J connectivity index is 1.56. The van der Waals surface area contributed by atoms with Gasteiger partial charge in [-0.25, -0.2) is 4.98 Å². The first kappa shape index (κ1) is 18.4. The van der Waals surface area contributed by atoms with E-state index in [-0.39, 0.29) is 18.4 Å². The molecule has 144 valence electrons. The third-order valence-corrected chi connectivity index (χ3v) is 5.03. The highest BCUT2D eigenvalue weighted by Gasteiger charge is 2.36. The molecule has 7 heteroatoms. The molecule has 2 heterocycles. The van der Waals surface area contributed by atoms with Crippen LogP contribution >= 0.6 is 0 Å². The summed E-state index contributed by atoms with van der Waals surface area (Å²) in [6.07, 6.45) is 1.93. The second-order valence-electron chi connectivity index (χ2n) is 6.87. The minimum absolute atomic E-state index is 0.218. The van der Waals surface area contributed by atoms with Crippen LogP contribution in [0.2, 0.25) is 0 Å². The van der Waals surface area contributed by atoms with E-state index in [0.717, 1.165) is 17.0 Å². The van der Waals surface area contributed by atoms with Crippen LogP contribution < -0.4 is 5.32 Å². The fourth-order valence-corrected chi connectivity index (χ4v) is 3.44. The quantitative estimate of drug-likeness (QED) is 0.718. The van der Waals surface area contributed by atoms with Crippen molar-refractivity contribution in [3.8, 4) is 6.07 Å². The largest absolute Gasteiger partial charge is 0.350 e. The first-order chi connectivity index (χ1) is 14.2. The molecule has 29 heavy (non-hydrogen) atoms. The number of hydrogen-bond donors (Lipinski definition) is 2. The summed E-state index contributed by atoms with van der Waals surface area (Å²) in [5.41, 5.74) is 3.54. The molecule has 0 radical (unpaired) electrons. The molecule has 4 rings (SSSR count). The second kappa shape index (κ2) is 7.98. The minimum Gasteiger partial charge on any atom is -0.350 e. The molecule has 1 aliphatic heterocycles. The Morgan fingerprint density at radius 2 is 1.93 bits per heavy atom. The molecule has 3 aromatic rings. The highest BCUT2D eigenvalue weighted by Crippen LogP contribution is 2.23. The average molecular weight is 385 g/mol. The summed E-state index contributed by atoms with van der Waals surface area (Å²) in [5, 5.41) is 11.9. The van der Waals surface area contributed by atoms with Crippen molar-refractivity contribution in [2.24, 2.45) is 0 Å². The standard InChI is InChI=1S/C22H19N5O2/c23-11-15-6-8-17(9-7-15)22(29)27-13-19-18(25-14-26-19)10-20(27)21(28)24-12-16-4-2-1-3-5-16/h1-9,14,20H,10,12-13H2,(H,24,28)(H,25,26)/t20-/m0/s1. The van der Waals surface area contributed by atoms with Crippen LogP contribution in [0.5, 0.6) is 0 Å². The Labute approximate surface area is 168 Å². The SMILES string of the molecule is N#Cc1ccc(C(=O)N2Cc3[nH]cnc3C[C@H]2C(=O)NCc2ccccc2)cc1. The summed E-state index contributed by atoms with van der Waals surface area (Å²) in [7, 11) is 0. The Morgan fingerprint density at radius 3 is 2.66 bits per heavy atom. The Bertz CT molecular complexity index is 1070. The van der Waals surface area contributed by atoms with Gasteiger partial charge in [-0.15, -0.1) is 0 Å². The van der Waals surface area contributed by atoms with E-state index >= 15 is 0 Å². The van der Waals surface area contributed by atoms with Gasteiger partial charge in [0.05, 0.1) is 35.9 Å². The number of benzene rings is 2. The molecule has 1 atom stereocenters. The fourth-order valence-electron chi connectivity index (χ4n) is 3.44. The maximum absolute atomic E-state index is 13.1. The van der Waals surface area contributed by atoms with Crippen molar-refractivity contribution in [2.75, 3.05) is 0 Å². The predicted molar refractivity (Wildman–Crippen MR) is 105 cm³/mol. The van der Waals surface area contributed by atoms with E-state index in [4.69, 9.17) is 5.26 Å². The lowest BCUT2D eigenvalue weighted by atomic mass is 10.00. The van der Waals surface area contributed by atoms with Gasteiger partial charge in [0.1, 0.15) is 6.04 Å². The molecule has 2 aromatic carbocycles. The summed E-state index contributed by atoms with van der Waals surface area (Å²) in [6.45, 7) is 0.667. The molecule has 0 saturated carbocycles. The second-order valence-corrected chi connectivity index (χ2v) is 6.87. The van der Waals surface area contributed by atoms with E-state index in [1.54, 1.807) is 35.5 Å². The molecule has 1 aliphatic rings. The summed E-state index contributed by atoms with van der Waals surface area (Å²) in [4.78, 5) is 35.0. The van der Waals surface area contributed by atoms with E-state index in [0.29, 0.717) is 24.1 Å². The number of carbonyl (C=O) groups is 2. The predicted octanol–water partition coefficient (Wildman–Crippen LogP) is 2.16. The van der Waals surface area contributed by atoms with Gasteiger partial charge in [0, 0.05) is 18.5 Å². The summed E-state index contributed by atoms with van der Waals surface area (Å²) in [6, 6.07) is 17.4. The topological polar surface area (TPSA) is 102 Å². The van der Waals surface area contributed by atoms with Crippen LogP contribution in [0.4, 0.5) is 0 Å². The normalized spacial score (nSPS) is 15.3. The molecule has 2 N–H and O–H groups in total. The highest BCUT2D eigenvalue weighted by molar-refractivity contribution is 5.98. The van der Waals surface area contributed by atoms with Crippen molar-refractivity contribution >= 4 is 11.8 Å². The van der Waals surface area contributed by atoms with Crippen LogP contribution in [-0.2, 0) is 24.3 Å². The van der Waals surface area contributed by atoms with Crippen LogP contribution in [0, 0.1) is 11.3 Å². The van der Waals surface area contributed by atoms with Gasteiger partial charge in [-0.1, -0.05) is 30.3 Å². The molecular weight excluding hydrogens is 366 g/mol. The number of aromatic amines is 1. The summed E-state index contributed by atoms with van der Waals surface area (Å²) < 4.78 is 0. The minimum atomic E-state index is -0.655. The maximum atomic E-state index is 13.1. The van der Waals surface area contributed by atoms with Gasteiger partial charge in [0.15, 0.2) is 0 Å². The third-order valence-electron chi connectivity index (χ3n) is 5.03. The Morgan fingerprint density at radius 1 is 1.17 bits per heavy atom. The number of H-pyrrole nitrogens is 1. The number of nitrogens with one attached hydrogen (secondary N) is 2. The Hall–Kier alpha value is -3.92. The van der Waals surface area contributed by atoms with Crippen molar-refractivity contribution in [2.45, 2.75) is 25.6 Å². The van der Waals surface area contributed by atoms with Crippen molar-refractivity contribution < 1.29 is 9.59 Å². The summed E-state index contributed by atoms with van der Waals surface area (Å²) >= 11 is 0. The number of fused-ring (bicyclic) bond motifs is 1. The number of hydrogen-bond acceptors (Lipinski definition) is 4. The van der Waals surface area contributed by atoms with Crippen molar-refractivity contribution in [1.82, 2.24) is 20.2 Å². The van der Waals surface area contributed by atoms with E-state index in [2.05, 4.69) is 15.3 Å². The molecule has 0 aliphatic carbocycles.